The number of hydrogen-bond acceptors (Lipinski definition) is 1. The van der Waals surface area contributed by atoms with E-state index in [1.165, 1.54) is 0 Å². The minimum absolute atomic E-state index is 0. The molecule has 2 nitrogen and oxygen atoms in total. The summed E-state index contributed by atoms with van der Waals surface area (Å²) in [5.41, 5.74) is 0. The molecule has 2 rings (SSSR count). The number of nitrogens with zero attached hydrogens (tertiary/aromatic N) is 1. The average Bonchev–Trinajstić information content (AvgIpc) is 2.18. The first-order valence-corrected chi connectivity index (χ1v) is 4.53. The number of aromatic nitrogens is 1. The van der Waals surface area contributed by atoms with Crippen LogP contribution in [0.1, 0.15) is 0 Å². The van der Waals surface area contributed by atoms with Gasteiger partial charge < -0.3 is 22.1 Å². The summed E-state index contributed by atoms with van der Waals surface area (Å²) in [5.74, 6) is 0.327. The Kier molecular flexibility index (Phi) is 3.86. The standard InChI is InChI=1S/C12H11NO.BrH/c1-2-7-13-8-6-11-10(9-13)4-3-5-12(11)14;/h2-6,8-9H,1,7H2;1H. The van der Waals surface area contributed by atoms with Gasteiger partial charge in [-0.1, -0.05) is 12.6 Å². The van der Waals surface area contributed by atoms with Gasteiger partial charge in [0.05, 0.1) is 0 Å². The number of hydrogen-bond donors (Lipinski definition) is 1. The van der Waals surface area contributed by atoms with Gasteiger partial charge in [-0.25, -0.2) is 4.57 Å². The summed E-state index contributed by atoms with van der Waals surface area (Å²) < 4.78 is 2.02. The second kappa shape index (κ2) is 4.94. The number of rotatable bonds is 2. The highest BCUT2D eigenvalue weighted by Crippen LogP contribution is 2.21. The van der Waals surface area contributed by atoms with Gasteiger partial charge in [0, 0.05) is 16.8 Å². The summed E-state index contributed by atoms with van der Waals surface area (Å²) in [6.45, 7) is 4.47. The first-order valence-electron chi connectivity index (χ1n) is 4.53. The van der Waals surface area contributed by atoms with Gasteiger partial charge in [0.25, 0.3) is 0 Å². The molecule has 1 aromatic carbocycles. The molecule has 2 aromatic rings. The van der Waals surface area contributed by atoms with E-state index in [9.17, 15) is 5.11 Å². The van der Waals surface area contributed by atoms with Gasteiger partial charge in [-0.15, -0.1) is 0 Å². The highest BCUT2D eigenvalue weighted by Gasteiger charge is 2.03. The van der Waals surface area contributed by atoms with E-state index in [4.69, 9.17) is 0 Å². The summed E-state index contributed by atoms with van der Waals surface area (Å²) in [6.07, 6.45) is 5.77. The Labute approximate surface area is 99.3 Å². The molecule has 0 atom stereocenters. The molecular formula is C12H12BrNO. The van der Waals surface area contributed by atoms with Crippen LogP contribution in [0.25, 0.3) is 10.8 Å². The van der Waals surface area contributed by atoms with Crippen molar-refractivity contribution in [3.05, 3.63) is 49.3 Å². The van der Waals surface area contributed by atoms with E-state index in [0.717, 1.165) is 17.3 Å². The topological polar surface area (TPSA) is 24.1 Å². The smallest absolute Gasteiger partial charge is 0.177 e. The molecule has 1 aromatic heterocycles. The zero-order valence-corrected chi connectivity index (χ0v) is 9.81. The number of fused-ring (bicyclic) bond motifs is 1. The van der Waals surface area contributed by atoms with E-state index in [2.05, 4.69) is 6.58 Å². The van der Waals surface area contributed by atoms with E-state index in [-0.39, 0.29) is 17.0 Å². The van der Waals surface area contributed by atoms with Crippen LogP contribution in [0.4, 0.5) is 0 Å². The Morgan fingerprint density at radius 2 is 2.13 bits per heavy atom. The number of phenolic OH excluding ortho intramolecular Hbond substituents is 1. The molecule has 0 saturated carbocycles. The van der Waals surface area contributed by atoms with Gasteiger partial charge in [-0.2, -0.15) is 0 Å². The predicted molar refractivity (Wildman–Crippen MR) is 56.0 cm³/mol. The normalized spacial score (nSPS) is 9.60. The fourth-order valence-electron chi connectivity index (χ4n) is 1.52. The van der Waals surface area contributed by atoms with Gasteiger partial charge >= 0.3 is 0 Å². The second-order valence-electron chi connectivity index (χ2n) is 3.21. The van der Waals surface area contributed by atoms with E-state index in [1.54, 1.807) is 6.07 Å². The molecule has 0 fully saturated rings. The van der Waals surface area contributed by atoms with Crippen LogP contribution in [-0.2, 0) is 6.54 Å². The van der Waals surface area contributed by atoms with Crippen molar-refractivity contribution in [1.29, 1.82) is 0 Å². The van der Waals surface area contributed by atoms with Crippen molar-refractivity contribution in [2.24, 2.45) is 0 Å². The Balaban J connectivity index is 0.00000112. The van der Waals surface area contributed by atoms with Crippen molar-refractivity contribution in [3.63, 3.8) is 0 Å². The zero-order chi connectivity index (χ0) is 9.97. The molecule has 0 aliphatic rings. The number of benzene rings is 1. The highest BCUT2D eigenvalue weighted by molar-refractivity contribution is 5.86. The van der Waals surface area contributed by atoms with Crippen molar-refractivity contribution in [2.45, 2.75) is 6.54 Å². The molecule has 0 unspecified atom stereocenters. The van der Waals surface area contributed by atoms with Crippen molar-refractivity contribution < 1.29 is 26.7 Å². The summed E-state index contributed by atoms with van der Waals surface area (Å²) in [6, 6.07) is 7.43. The number of allylic oxidation sites excluding steroid dienone is 1. The van der Waals surface area contributed by atoms with Crippen molar-refractivity contribution in [3.8, 4) is 5.75 Å². The van der Waals surface area contributed by atoms with Crippen molar-refractivity contribution in [1.82, 2.24) is 0 Å². The quantitative estimate of drug-likeness (QED) is 0.548. The molecule has 0 radical (unpaired) electrons. The molecule has 1 N–H and O–H groups in total. The summed E-state index contributed by atoms with van der Waals surface area (Å²) >= 11 is 0. The fraction of sp³-hybridized carbons (Fsp3) is 0.0833. The van der Waals surface area contributed by atoms with Crippen LogP contribution in [0.5, 0.6) is 5.75 Å². The van der Waals surface area contributed by atoms with Crippen LogP contribution in [-0.4, -0.2) is 5.11 Å². The summed E-state index contributed by atoms with van der Waals surface area (Å²) in [7, 11) is 0. The number of halogens is 1. The maximum absolute atomic E-state index is 9.56. The van der Waals surface area contributed by atoms with E-state index in [1.807, 2.05) is 41.2 Å². The van der Waals surface area contributed by atoms with Gasteiger partial charge in [-0.05, 0) is 18.2 Å². The fourth-order valence-corrected chi connectivity index (χ4v) is 1.52. The summed E-state index contributed by atoms with van der Waals surface area (Å²) in [5, 5.41) is 11.5. The molecule has 0 saturated heterocycles. The third kappa shape index (κ3) is 2.36. The lowest BCUT2D eigenvalue weighted by Gasteiger charge is -1.98. The van der Waals surface area contributed by atoms with Crippen LogP contribution < -0.4 is 21.5 Å². The molecule has 15 heavy (non-hydrogen) atoms. The maximum Gasteiger partial charge on any atom is 0.177 e. The number of pyridine rings is 1. The Bertz CT molecular complexity index is 482. The van der Waals surface area contributed by atoms with Crippen LogP contribution in [0, 0.1) is 0 Å². The monoisotopic (exact) mass is 265 g/mol. The number of phenols is 1. The largest absolute Gasteiger partial charge is 1.00 e. The van der Waals surface area contributed by atoms with Gasteiger partial charge in [0.2, 0.25) is 0 Å². The lowest BCUT2D eigenvalue weighted by Crippen LogP contribution is -3.00. The minimum Gasteiger partial charge on any atom is -1.00 e. The SMILES string of the molecule is C=CC[n+]1ccc2c(O)cccc2c1.[Br-]. The van der Waals surface area contributed by atoms with Gasteiger partial charge in [0.15, 0.2) is 18.9 Å². The first-order chi connectivity index (χ1) is 6.81. The van der Waals surface area contributed by atoms with Gasteiger partial charge in [0.1, 0.15) is 5.75 Å². The number of aromatic hydroxyl groups is 1. The zero-order valence-electron chi connectivity index (χ0n) is 8.23. The molecule has 78 valence electrons. The Morgan fingerprint density at radius 1 is 1.33 bits per heavy atom. The van der Waals surface area contributed by atoms with Crippen LogP contribution in [0.2, 0.25) is 0 Å². The van der Waals surface area contributed by atoms with Crippen molar-refractivity contribution in [2.75, 3.05) is 0 Å². The maximum atomic E-state index is 9.56. The lowest BCUT2D eigenvalue weighted by atomic mass is 10.1. The third-order valence-corrected chi connectivity index (χ3v) is 2.19. The molecule has 0 amide bonds. The molecule has 0 spiro atoms. The molecular weight excluding hydrogens is 254 g/mol. The Morgan fingerprint density at radius 3 is 2.87 bits per heavy atom. The van der Waals surface area contributed by atoms with Gasteiger partial charge in [-0.3, -0.25) is 0 Å². The molecule has 0 aliphatic heterocycles. The second-order valence-corrected chi connectivity index (χ2v) is 3.21. The summed E-state index contributed by atoms with van der Waals surface area (Å²) in [4.78, 5) is 0. The van der Waals surface area contributed by atoms with Crippen LogP contribution >= 0.6 is 0 Å². The first kappa shape index (κ1) is 11.7. The Hall–Kier alpha value is -1.35. The van der Waals surface area contributed by atoms with E-state index >= 15 is 0 Å². The van der Waals surface area contributed by atoms with Crippen LogP contribution in [0.3, 0.4) is 0 Å². The van der Waals surface area contributed by atoms with Crippen LogP contribution in [0.15, 0.2) is 49.3 Å². The highest BCUT2D eigenvalue weighted by atomic mass is 79.9. The van der Waals surface area contributed by atoms with Crippen molar-refractivity contribution >= 4 is 10.8 Å². The molecule has 3 heteroatoms. The molecule has 0 aliphatic carbocycles. The van der Waals surface area contributed by atoms with E-state index in [0.29, 0.717) is 5.75 Å². The average molecular weight is 266 g/mol. The lowest BCUT2D eigenvalue weighted by molar-refractivity contribution is -0.685. The molecule has 0 bridgehead atoms. The molecule has 1 heterocycles. The van der Waals surface area contributed by atoms with E-state index < -0.39 is 0 Å². The predicted octanol–water partition coefficient (Wildman–Crippen LogP) is -0.977. The third-order valence-electron chi connectivity index (χ3n) is 2.19. The minimum atomic E-state index is 0.